The largest absolute Gasteiger partial charge is 0.459 e. The van der Waals surface area contributed by atoms with Gasteiger partial charge in [0.25, 0.3) is 0 Å². The van der Waals surface area contributed by atoms with Crippen LogP contribution in [0.15, 0.2) is 0 Å². The Labute approximate surface area is 79.2 Å². The van der Waals surface area contributed by atoms with E-state index in [-0.39, 0.29) is 5.92 Å². The summed E-state index contributed by atoms with van der Waals surface area (Å²) < 4.78 is 5.09. The van der Waals surface area contributed by atoms with Gasteiger partial charge in [-0.1, -0.05) is 13.8 Å². The van der Waals surface area contributed by atoms with Crippen molar-refractivity contribution in [3.63, 3.8) is 0 Å². The summed E-state index contributed by atoms with van der Waals surface area (Å²) in [5, 5.41) is 8.71. The van der Waals surface area contributed by atoms with E-state index in [0.29, 0.717) is 0 Å². The van der Waals surface area contributed by atoms with E-state index in [9.17, 15) is 4.79 Å². The third-order valence-electron chi connectivity index (χ3n) is 1.47. The first-order chi connectivity index (χ1) is 5.78. The molecule has 13 heavy (non-hydrogen) atoms. The Morgan fingerprint density at radius 1 is 1.38 bits per heavy atom. The van der Waals surface area contributed by atoms with E-state index in [0.717, 1.165) is 0 Å². The number of hydrogen-bond acceptors (Lipinski definition) is 4. The van der Waals surface area contributed by atoms with Crippen molar-refractivity contribution in [2.24, 2.45) is 5.92 Å². The van der Waals surface area contributed by atoms with Crippen LogP contribution in [0.5, 0.6) is 0 Å². The molecule has 0 rings (SSSR count). The van der Waals surface area contributed by atoms with Gasteiger partial charge >= 0.3 is 5.97 Å². The maximum atomic E-state index is 11.4. The number of carbonyl (C=O) groups excluding carboxylic acids is 1. The number of esters is 1. The molecule has 0 aliphatic heterocycles. The summed E-state index contributed by atoms with van der Waals surface area (Å²) in [4.78, 5) is 11.4. The van der Waals surface area contributed by atoms with Crippen molar-refractivity contribution in [3.8, 4) is 0 Å². The quantitative estimate of drug-likeness (QED) is 0.519. The Morgan fingerprint density at radius 3 is 2.08 bits per heavy atom. The number of nitrogens with one attached hydrogen (secondary N) is 1. The molecule has 0 aromatic rings. The molecule has 0 aromatic carbocycles. The summed E-state index contributed by atoms with van der Waals surface area (Å²) in [6, 6.07) is -0.653. The maximum absolute atomic E-state index is 11.4. The van der Waals surface area contributed by atoms with E-state index in [2.05, 4.69) is 0 Å². The number of hydrogen-bond donors (Lipinski definition) is 2. The lowest BCUT2D eigenvalue weighted by Crippen LogP contribution is -2.43. The second-order valence-corrected chi connectivity index (χ2v) is 4.38. The summed E-state index contributed by atoms with van der Waals surface area (Å²) in [5.41, 5.74) is 1.44. The highest BCUT2D eigenvalue weighted by Crippen LogP contribution is 2.11. The predicted octanol–water partition coefficient (Wildman–Crippen LogP) is 1.33. The molecule has 4 heteroatoms. The van der Waals surface area contributed by atoms with Crippen LogP contribution in [-0.2, 0) is 9.53 Å². The molecule has 0 unspecified atom stereocenters. The zero-order chi connectivity index (χ0) is 10.6. The van der Waals surface area contributed by atoms with Crippen LogP contribution in [-0.4, -0.2) is 22.8 Å². The van der Waals surface area contributed by atoms with Gasteiger partial charge in [0, 0.05) is 0 Å². The van der Waals surface area contributed by atoms with Gasteiger partial charge in [-0.2, -0.15) is 5.48 Å². The van der Waals surface area contributed by atoms with Crippen molar-refractivity contribution in [2.45, 2.75) is 46.3 Å². The first-order valence-corrected chi connectivity index (χ1v) is 4.40. The van der Waals surface area contributed by atoms with Crippen molar-refractivity contribution < 1.29 is 14.7 Å². The van der Waals surface area contributed by atoms with Crippen LogP contribution >= 0.6 is 0 Å². The Kier molecular flexibility index (Phi) is 4.36. The summed E-state index contributed by atoms with van der Waals surface area (Å²) in [6.07, 6.45) is 0. The number of carbonyl (C=O) groups is 1. The van der Waals surface area contributed by atoms with Crippen molar-refractivity contribution in [2.75, 3.05) is 0 Å². The molecule has 0 bridgehead atoms. The van der Waals surface area contributed by atoms with Crippen molar-refractivity contribution in [1.29, 1.82) is 0 Å². The standard InChI is InChI=1S/C9H19NO3/c1-6(2)7(10-12)8(11)13-9(3,4)5/h6-7,10,12H,1-5H3/t7-/m0/s1. The predicted molar refractivity (Wildman–Crippen MR) is 49.4 cm³/mol. The van der Waals surface area contributed by atoms with E-state index >= 15 is 0 Å². The van der Waals surface area contributed by atoms with Crippen molar-refractivity contribution in [1.82, 2.24) is 5.48 Å². The van der Waals surface area contributed by atoms with Gasteiger partial charge in [-0.05, 0) is 26.7 Å². The van der Waals surface area contributed by atoms with Crippen LogP contribution in [0.3, 0.4) is 0 Å². The van der Waals surface area contributed by atoms with E-state index in [1.54, 1.807) is 20.8 Å². The monoisotopic (exact) mass is 189 g/mol. The van der Waals surface area contributed by atoms with E-state index in [4.69, 9.17) is 9.94 Å². The molecule has 2 N–H and O–H groups in total. The van der Waals surface area contributed by atoms with Crippen LogP contribution in [0.2, 0.25) is 0 Å². The number of rotatable bonds is 3. The van der Waals surface area contributed by atoms with Gasteiger partial charge in [0.15, 0.2) is 0 Å². The molecule has 0 heterocycles. The van der Waals surface area contributed by atoms with Crippen LogP contribution in [0, 0.1) is 5.92 Å². The highest BCUT2D eigenvalue weighted by Gasteiger charge is 2.26. The Hall–Kier alpha value is -0.610. The minimum Gasteiger partial charge on any atom is -0.459 e. The molecule has 0 saturated heterocycles. The highest BCUT2D eigenvalue weighted by molar-refractivity contribution is 5.76. The summed E-state index contributed by atoms with van der Waals surface area (Å²) in [6.45, 7) is 9.04. The molecule has 0 amide bonds. The smallest absolute Gasteiger partial charge is 0.326 e. The van der Waals surface area contributed by atoms with E-state index in [1.807, 2.05) is 19.3 Å². The number of hydroxylamine groups is 1. The highest BCUT2D eigenvalue weighted by atomic mass is 16.6. The van der Waals surface area contributed by atoms with Gasteiger partial charge in [-0.25, -0.2) is 0 Å². The number of ether oxygens (including phenoxy) is 1. The normalized spacial score (nSPS) is 14.4. The third kappa shape index (κ3) is 4.85. The first-order valence-electron chi connectivity index (χ1n) is 4.40. The van der Waals surface area contributed by atoms with Crippen LogP contribution in [0.4, 0.5) is 0 Å². The zero-order valence-corrected chi connectivity index (χ0v) is 8.92. The SMILES string of the molecule is CC(C)[C@H](NO)C(=O)OC(C)(C)C. The van der Waals surface area contributed by atoms with Gasteiger partial charge in [-0.3, -0.25) is 4.79 Å². The molecule has 0 aromatic heterocycles. The lowest BCUT2D eigenvalue weighted by atomic mass is 10.1. The van der Waals surface area contributed by atoms with Crippen LogP contribution in [0.1, 0.15) is 34.6 Å². The second kappa shape index (κ2) is 4.58. The van der Waals surface area contributed by atoms with Crippen molar-refractivity contribution >= 4 is 5.97 Å². The van der Waals surface area contributed by atoms with Gasteiger partial charge in [0.2, 0.25) is 0 Å². The molecule has 0 saturated carbocycles. The van der Waals surface area contributed by atoms with Gasteiger partial charge in [0.05, 0.1) is 0 Å². The fourth-order valence-electron chi connectivity index (χ4n) is 0.839. The molecule has 0 fully saturated rings. The molecular formula is C9H19NO3. The van der Waals surface area contributed by atoms with E-state index < -0.39 is 17.6 Å². The molecule has 1 atom stereocenters. The Morgan fingerprint density at radius 2 is 1.85 bits per heavy atom. The fourth-order valence-corrected chi connectivity index (χ4v) is 0.839. The Balaban J connectivity index is 4.23. The zero-order valence-electron chi connectivity index (χ0n) is 8.92. The molecule has 0 radical (unpaired) electrons. The molecule has 0 aliphatic carbocycles. The second-order valence-electron chi connectivity index (χ2n) is 4.38. The van der Waals surface area contributed by atoms with Crippen LogP contribution < -0.4 is 5.48 Å². The Bertz CT molecular complexity index is 172. The minimum atomic E-state index is -0.653. The van der Waals surface area contributed by atoms with Gasteiger partial charge in [0.1, 0.15) is 11.6 Å². The first kappa shape index (κ1) is 12.4. The average Bonchev–Trinajstić information content (AvgIpc) is 1.82. The third-order valence-corrected chi connectivity index (χ3v) is 1.47. The average molecular weight is 189 g/mol. The lowest BCUT2D eigenvalue weighted by molar-refractivity contribution is -0.162. The molecular weight excluding hydrogens is 170 g/mol. The molecule has 78 valence electrons. The van der Waals surface area contributed by atoms with Crippen molar-refractivity contribution in [3.05, 3.63) is 0 Å². The summed E-state index contributed by atoms with van der Waals surface area (Å²) in [5.74, 6) is -0.426. The van der Waals surface area contributed by atoms with Gasteiger partial charge < -0.3 is 9.94 Å². The topological polar surface area (TPSA) is 58.6 Å². The minimum absolute atomic E-state index is 0.000139. The van der Waals surface area contributed by atoms with E-state index in [1.165, 1.54) is 0 Å². The summed E-state index contributed by atoms with van der Waals surface area (Å²) >= 11 is 0. The molecule has 0 aliphatic rings. The molecule has 4 nitrogen and oxygen atoms in total. The molecule has 0 spiro atoms. The maximum Gasteiger partial charge on any atom is 0.326 e. The fraction of sp³-hybridized carbons (Fsp3) is 0.889. The summed E-state index contributed by atoms with van der Waals surface area (Å²) in [7, 11) is 0. The van der Waals surface area contributed by atoms with Crippen LogP contribution in [0.25, 0.3) is 0 Å². The van der Waals surface area contributed by atoms with Gasteiger partial charge in [-0.15, -0.1) is 0 Å². The lowest BCUT2D eigenvalue weighted by Gasteiger charge is -2.24.